The summed E-state index contributed by atoms with van der Waals surface area (Å²) < 4.78 is 27.4. The van der Waals surface area contributed by atoms with Gasteiger partial charge in [-0.25, -0.2) is 4.39 Å². The van der Waals surface area contributed by atoms with Crippen molar-refractivity contribution in [2.75, 3.05) is 42.6 Å². The van der Waals surface area contributed by atoms with Crippen LogP contribution in [0.25, 0.3) is 10.8 Å². The number of ether oxygens (including phenoxy) is 2. The lowest BCUT2D eigenvalue weighted by atomic mass is 10.0. The fourth-order valence-corrected chi connectivity index (χ4v) is 7.22. The molecule has 1 saturated carbocycles. The summed E-state index contributed by atoms with van der Waals surface area (Å²) in [6.45, 7) is 8.70. The summed E-state index contributed by atoms with van der Waals surface area (Å²) in [6, 6.07) is 7.26. The van der Waals surface area contributed by atoms with Crippen molar-refractivity contribution in [3.63, 3.8) is 0 Å². The molecule has 3 aliphatic heterocycles. The molecule has 1 aliphatic carbocycles. The van der Waals surface area contributed by atoms with E-state index in [1.807, 2.05) is 6.07 Å². The highest BCUT2D eigenvalue weighted by Gasteiger charge is 2.56. The Morgan fingerprint density at radius 1 is 1.25 bits per heavy atom. The highest BCUT2D eigenvalue weighted by atomic mass is 32.2. The second-order valence-electron chi connectivity index (χ2n) is 11.9. The smallest absolute Gasteiger partial charge is 0.318 e. The van der Waals surface area contributed by atoms with Gasteiger partial charge in [0.2, 0.25) is 5.91 Å². The molecule has 4 aliphatic rings. The van der Waals surface area contributed by atoms with Crippen LogP contribution in [-0.4, -0.2) is 80.9 Å². The van der Waals surface area contributed by atoms with Crippen molar-refractivity contribution in [2.45, 2.75) is 61.5 Å². The van der Waals surface area contributed by atoms with E-state index in [2.05, 4.69) is 34.4 Å². The molecular weight excluding hydrogens is 581 g/mol. The van der Waals surface area contributed by atoms with Gasteiger partial charge in [0.05, 0.1) is 54.0 Å². The number of hydrogen-bond donors (Lipinski definition) is 0. The maximum absolute atomic E-state index is 15.0. The molecule has 1 amide bonds. The first-order valence-corrected chi connectivity index (χ1v) is 15.9. The topological polar surface area (TPSA) is 108 Å². The number of anilines is 2. The number of thioether (sulfide) groups is 1. The van der Waals surface area contributed by atoms with Crippen LogP contribution >= 0.6 is 11.8 Å². The fourth-order valence-electron chi connectivity index (χ4n) is 6.27. The molecule has 228 valence electrons. The summed E-state index contributed by atoms with van der Waals surface area (Å²) in [6.07, 6.45) is 8.12. The van der Waals surface area contributed by atoms with E-state index >= 15 is 4.39 Å². The van der Waals surface area contributed by atoms with Crippen LogP contribution in [0.1, 0.15) is 37.4 Å². The number of rotatable bonds is 9. The quantitative estimate of drug-likeness (QED) is 0.256. The summed E-state index contributed by atoms with van der Waals surface area (Å²) >= 11 is 1.76. The molecule has 3 aromatic rings. The van der Waals surface area contributed by atoms with E-state index in [0.29, 0.717) is 57.2 Å². The lowest BCUT2D eigenvalue weighted by Gasteiger charge is -2.42. The monoisotopic (exact) mass is 615 g/mol. The van der Waals surface area contributed by atoms with Crippen LogP contribution in [-0.2, 0) is 22.5 Å². The van der Waals surface area contributed by atoms with Crippen LogP contribution in [0.3, 0.4) is 0 Å². The maximum Gasteiger partial charge on any atom is 0.318 e. The third-order valence-electron chi connectivity index (χ3n) is 8.84. The third-order valence-corrected chi connectivity index (χ3v) is 10.3. The minimum atomic E-state index is -0.290. The first-order valence-electron chi connectivity index (χ1n) is 15.1. The van der Waals surface area contributed by atoms with Gasteiger partial charge in [-0.2, -0.15) is 15.2 Å². The van der Waals surface area contributed by atoms with Gasteiger partial charge in [-0.05, 0) is 38.3 Å². The maximum atomic E-state index is 15.0. The second kappa shape index (κ2) is 11.5. The molecule has 1 aromatic carbocycles. The lowest BCUT2D eigenvalue weighted by molar-refractivity contribution is -0.128. The fraction of sp³-hybridized carbons (Fsp3) is 0.469. The first-order chi connectivity index (χ1) is 21.4. The van der Waals surface area contributed by atoms with E-state index in [1.165, 1.54) is 12.1 Å². The van der Waals surface area contributed by atoms with Gasteiger partial charge >= 0.3 is 6.01 Å². The van der Waals surface area contributed by atoms with E-state index in [-0.39, 0.29) is 40.4 Å². The van der Waals surface area contributed by atoms with E-state index in [9.17, 15) is 10.1 Å². The van der Waals surface area contributed by atoms with Crippen LogP contribution in [0.5, 0.6) is 6.01 Å². The normalized spacial score (nSPS) is 24.5. The number of pyridine rings is 1. The number of carbonyl (C=O) groups is 1. The minimum Gasteiger partial charge on any atom is -0.462 e. The number of hydrogen-bond acceptors (Lipinski definition) is 10. The molecule has 0 N–H and O–H groups in total. The molecule has 2 aromatic heterocycles. The average Bonchev–Trinajstić information content (AvgIpc) is 3.97. The van der Waals surface area contributed by atoms with Gasteiger partial charge in [0.1, 0.15) is 23.2 Å². The SMILES string of the molecule is C=CC(=O)N1CCN(c2nc(OCC3S[C@]3(C)OC3CC3)nc3c2CCN(c2cncc4cccc(F)c24)C3)C[C@@H]1CC#N. The summed E-state index contributed by atoms with van der Waals surface area (Å²) in [7, 11) is 0. The molecule has 1 unspecified atom stereocenters. The van der Waals surface area contributed by atoms with Crippen molar-refractivity contribution in [1.29, 1.82) is 5.26 Å². The van der Waals surface area contributed by atoms with Crippen molar-refractivity contribution >= 4 is 39.9 Å². The zero-order valence-electron chi connectivity index (χ0n) is 24.6. The third kappa shape index (κ3) is 5.55. The Morgan fingerprint density at radius 3 is 2.91 bits per heavy atom. The average molecular weight is 616 g/mol. The van der Waals surface area contributed by atoms with Crippen molar-refractivity contribution in [3.05, 3.63) is 60.3 Å². The molecule has 0 radical (unpaired) electrons. The molecule has 0 bridgehead atoms. The van der Waals surface area contributed by atoms with Gasteiger partial charge in [-0.15, -0.1) is 11.8 Å². The Hall–Kier alpha value is -3.95. The number of halogens is 1. The van der Waals surface area contributed by atoms with Gasteiger partial charge in [-0.3, -0.25) is 9.78 Å². The Morgan fingerprint density at radius 2 is 2.11 bits per heavy atom. The molecular formula is C32H34FN7O3S. The Balaban J connectivity index is 1.19. The molecule has 12 heteroatoms. The zero-order chi connectivity index (χ0) is 30.4. The highest BCUT2D eigenvalue weighted by molar-refractivity contribution is 8.08. The number of benzene rings is 1. The van der Waals surface area contributed by atoms with Gasteiger partial charge < -0.3 is 24.2 Å². The Labute approximate surface area is 259 Å². The number of nitrogens with zero attached hydrogens (tertiary/aromatic N) is 7. The number of carbonyl (C=O) groups excluding carboxylic acids is 1. The molecule has 3 fully saturated rings. The van der Waals surface area contributed by atoms with Gasteiger partial charge in [-0.1, -0.05) is 18.7 Å². The summed E-state index contributed by atoms with van der Waals surface area (Å²) in [5.41, 5.74) is 2.54. The van der Waals surface area contributed by atoms with E-state index < -0.39 is 0 Å². The summed E-state index contributed by atoms with van der Waals surface area (Å²) in [5.74, 6) is 0.302. The molecule has 3 atom stereocenters. The van der Waals surface area contributed by atoms with Crippen LogP contribution < -0.4 is 14.5 Å². The largest absolute Gasteiger partial charge is 0.462 e. The number of amides is 1. The van der Waals surface area contributed by atoms with Crippen LogP contribution in [0, 0.1) is 17.1 Å². The Kier molecular flexibility index (Phi) is 7.54. The number of piperazine rings is 1. The predicted octanol–water partition coefficient (Wildman–Crippen LogP) is 4.23. The van der Waals surface area contributed by atoms with Crippen molar-refractivity contribution in [2.24, 2.45) is 0 Å². The van der Waals surface area contributed by atoms with E-state index in [4.69, 9.17) is 19.4 Å². The second-order valence-corrected chi connectivity index (χ2v) is 13.5. The van der Waals surface area contributed by atoms with Gasteiger partial charge in [0, 0.05) is 48.7 Å². The minimum absolute atomic E-state index is 0.177. The van der Waals surface area contributed by atoms with Crippen LogP contribution in [0.2, 0.25) is 0 Å². The number of nitriles is 1. The summed E-state index contributed by atoms with van der Waals surface area (Å²) in [4.78, 5) is 32.5. The number of aromatic nitrogens is 3. The van der Waals surface area contributed by atoms with Crippen LogP contribution in [0.15, 0.2) is 43.2 Å². The Bertz CT molecular complexity index is 1660. The predicted molar refractivity (Wildman–Crippen MR) is 166 cm³/mol. The van der Waals surface area contributed by atoms with Crippen molar-refractivity contribution in [1.82, 2.24) is 19.9 Å². The van der Waals surface area contributed by atoms with E-state index in [1.54, 1.807) is 35.1 Å². The van der Waals surface area contributed by atoms with Gasteiger partial charge in [0.25, 0.3) is 0 Å². The molecule has 5 heterocycles. The standard InChI is InChI=1S/C32H34FN7O3S/c1-3-28(41)40-14-13-39(17-21(40)9-11-34)30-23-10-12-38(26-16-35-15-20-5-4-6-24(33)29(20)26)18-25(23)36-31(37-30)42-19-27-32(2,44-27)43-22-7-8-22/h3-6,15-16,21-22,27H,1,7-10,12-14,17-19H2,2H3/t21-,27?,32-/m0/s1. The van der Waals surface area contributed by atoms with E-state index in [0.717, 1.165) is 41.0 Å². The number of fused-ring (bicyclic) bond motifs is 2. The molecule has 10 nitrogen and oxygen atoms in total. The molecule has 7 rings (SSSR count). The molecule has 0 spiro atoms. The van der Waals surface area contributed by atoms with Gasteiger partial charge in [0.15, 0.2) is 0 Å². The lowest BCUT2D eigenvalue weighted by Crippen LogP contribution is -2.55. The zero-order valence-corrected chi connectivity index (χ0v) is 25.4. The first kappa shape index (κ1) is 28.8. The van der Waals surface area contributed by atoms with Crippen molar-refractivity contribution in [3.8, 4) is 12.1 Å². The summed E-state index contributed by atoms with van der Waals surface area (Å²) in [5, 5.41) is 11.0. The highest BCUT2D eigenvalue weighted by Crippen LogP contribution is 2.56. The van der Waals surface area contributed by atoms with Crippen LogP contribution in [0.4, 0.5) is 15.9 Å². The van der Waals surface area contributed by atoms with Crippen molar-refractivity contribution < 1.29 is 18.7 Å². The molecule has 44 heavy (non-hydrogen) atoms. The molecule has 2 saturated heterocycles.